The molecule has 2 aromatic heterocycles. The number of halogens is 1. The van der Waals surface area contributed by atoms with E-state index in [-0.39, 0.29) is 18.4 Å². The number of anilines is 1. The van der Waals surface area contributed by atoms with Crippen molar-refractivity contribution in [2.75, 3.05) is 12.4 Å². The maximum Gasteiger partial charge on any atom is 0.225 e. The number of amides is 1. The molecule has 0 radical (unpaired) electrons. The molecule has 0 aliphatic heterocycles. The average Bonchev–Trinajstić information content (AvgIpc) is 2.82. The van der Waals surface area contributed by atoms with Gasteiger partial charge in [0.1, 0.15) is 17.9 Å². The first-order valence-electron chi connectivity index (χ1n) is 11.7. The number of carbonyl (C=O) groups excluding carboxylic acids is 1. The van der Waals surface area contributed by atoms with E-state index < -0.39 is 0 Å². The fourth-order valence-corrected chi connectivity index (χ4v) is 4.22. The first kappa shape index (κ1) is 25.5. The van der Waals surface area contributed by atoms with Gasteiger partial charge in [0.05, 0.1) is 5.02 Å². The summed E-state index contributed by atoms with van der Waals surface area (Å²) < 4.78 is 6.25. The van der Waals surface area contributed by atoms with Gasteiger partial charge in [0.25, 0.3) is 0 Å². The number of aryl methyl sites for hydroxylation is 1. The fourth-order valence-electron chi connectivity index (χ4n) is 3.99. The van der Waals surface area contributed by atoms with Crippen molar-refractivity contribution in [2.45, 2.75) is 53.7 Å². The number of hydrogen-bond donors (Lipinski definition) is 1. The second-order valence-corrected chi connectivity index (χ2v) is 8.77. The zero-order valence-electron chi connectivity index (χ0n) is 20.6. The molecule has 6 nitrogen and oxygen atoms in total. The summed E-state index contributed by atoms with van der Waals surface area (Å²) in [6.07, 6.45) is 8.84. The van der Waals surface area contributed by atoms with Gasteiger partial charge in [0.15, 0.2) is 0 Å². The summed E-state index contributed by atoms with van der Waals surface area (Å²) in [5.41, 5.74) is 4.32. The minimum atomic E-state index is 0.0206. The Balaban J connectivity index is 1.88. The smallest absolute Gasteiger partial charge is 0.225 e. The number of carbonyl (C=O) groups is 1. The van der Waals surface area contributed by atoms with Gasteiger partial charge in [-0.25, -0.2) is 4.98 Å². The maximum absolute atomic E-state index is 12.8. The summed E-state index contributed by atoms with van der Waals surface area (Å²) in [5, 5.41) is 4.79. The van der Waals surface area contributed by atoms with E-state index in [0.29, 0.717) is 17.3 Å². The first-order chi connectivity index (χ1) is 16.4. The number of ether oxygens (including phenoxy) is 1. The van der Waals surface area contributed by atoms with Gasteiger partial charge < -0.3 is 15.0 Å². The molecule has 7 heteroatoms. The molecular formula is C27H33ClN4O2. The summed E-state index contributed by atoms with van der Waals surface area (Å²) in [5.74, 6) is 0.823. The summed E-state index contributed by atoms with van der Waals surface area (Å²) in [6.45, 7) is 8.67. The van der Waals surface area contributed by atoms with Crippen LogP contribution in [0.3, 0.4) is 0 Å². The summed E-state index contributed by atoms with van der Waals surface area (Å²) in [4.78, 5) is 23.5. The van der Waals surface area contributed by atoms with Crippen LogP contribution in [0.4, 0.5) is 5.69 Å². The van der Waals surface area contributed by atoms with Crippen LogP contribution in [0.1, 0.15) is 50.4 Å². The van der Waals surface area contributed by atoms with Gasteiger partial charge in [-0.15, -0.1) is 0 Å². The van der Waals surface area contributed by atoms with Crippen LogP contribution in [0.15, 0.2) is 48.9 Å². The number of pyridine rings is 2. The van der Waals surface area contributed by atoms with Crippen LogP contribution >= 0.6 is 11.6 Å². The molecule has 3 aromatic rings. The Hall–Kier alpha value is -3.12. The third kappa shape index (κ3) is 5.86. The lowest BCUT2D eigenvalue weighted by atomic mass is 10.0. The lowest BCUT2D eigenvalue weighted by Crippen LogP contribution is -2.32. The van der Waals surface area contributed by atoms with Crippen molar-refractivity contribution >= 4 is 34.1 Å². The van der Waals surface area contributed by atoms with Gasteiger partial charge in [-0.2, -0.15) is 0 Å². The molecule has 3 rings (SSSR count). The molecule has 0 aliphatic rings. The Labute approximate surface area is 207 Å². The molecule has 0 saturated heterocycles. The zero-order valence-corrected chi connectivity index (χ0v) is 21.3. The molecule has 0 spiro atoms. The number of nitrogens with zero attached hydrogens (tertiary/aromatic N) is 3. The lowest BCUT2D eigenvalue weighted by Gasteiger charge is -2.23. The van der Waals surface area contributed by atoms with Crippen LogP contribution in [0.5, 0.6) is 5.75 Å². The SMILES string of the molecule is C/C=C\Nc1cc(C)nc2c(OCc3c(Cl)cncc3CN(C)C(=O)C(CC)CC)cccc12. The van der Waals surface area contributed by atoms with E-state index in [9.17, 15) is 4.79 Å². The molecule has 0 fully saturated rings. The standard InChI is InChI=1S/C27H33ClN4O2/c1-6-12-30-24-13-18(4)31-26-21(24)10-9-11-25(26)34-17-22-20(14-29-15-23(22)28)16-32(5)27(33)19(7-2)8-3/h6,9-15,19H,7-8,16-17H2,1-5H3,(H,30,31)/b12-6-. The number of fused-ring (bicyclic) bond motifs is 1. The summed E-state index contributed by atoms with van der Waals surface area (Å²) in [7, 11) is 1.82. The van der Waals surface area contributed by atoms with E-state index in [1.54, 1.807) is 17.3 Å². The van der Waals surface area contributed by atoms with E-state index in [0.717, 1.165) is 46.3 Å². The first-order valence-corrected chi connectivity index (χ1v) is 12.0. The van der Waals surface area contributed by atoms with Crippen LogP contribution in [-0.4, -0.2) is 27.8 Å². The van der Waals surface area contributed by atoms with Crippen LogP contribution in [0.2, 0.25) is 5.02 Å². The van der Waals surface area contributed by atoms with Crippen LogP contribution in [0.25, 0.3) is 10.9 Å². The maximum atomic E-state index is 12.8. The second kappa shape index (κ2) is 11.8. The van der Waals surface area contributed by atoms with Gasteiger partial charge in [-0.1, -0.05) is 43.7 Å². The highest BCUT2D eigenvalue weighted by atomic mass is 35.5. The van der Waals surface area contributed by atoms with E-state index in [1.807, 2.05) is 71.3 Å². The highest BCUT2D eigenvalue weighted by Gasteiger charge is 2.20. The van der Waals surface area contributed by atoms with Crippen molar-refractivity contribution in [1.82, 2.24) is 14.9 Å². The predicted octanol–water partition coefficient (Wildman–Crippen LogP) is 6.51. The minimum absolute atomic E-state index is 0.0206. The van der Waals surface area contributed by atoms with Gasteiger partial charge in [-0.3, -0.25) is 9.78 Å². The quantitative estimate of drug-likeness (QED) is 0.358. The van der Waals surface area contributed by atoms with Gasteiger partial charge >= 0.3 is 0 Å². The van der Waals surface area contributed by atoms with E-state index >= 15 is 0 Å². The van der Waals surface area contributed by atoms with E-state index in [1.165, 1.54) is 0 Å². The van der Waals surface area contributed by atoms with Crippen LogP contribution in [0, 0.1) is 12.8 Å². The number of nitrogens with one attached hydrogen (secondary N) is 1. The Morgan fingerprint density at radius 3 is 2.74 bits per heavy atom. The number of aromatic nitrogens is 2. The molecule has 0 atom stereocenters. The second-order valence-electron chi connectivity index (χ2n) is 8.36. The minimum Gasteiger partial charge on any atom is -0.487 e. The number of para-hydroxylation sites is 1. The van der Waals surface area contributed by atoms with Gasteiger partial charge in [-0.05, 0) is 50.6 Å². The van der Waals surface area contributed by atoms with Crippen molar-refractivity contribution in [3.05, 3.63) is 70.8 Å². The molecule has 0 unspecified atom stereocenters. The molecule has 180 valence electrons. The van der Waals surface area contributed by atoms with Gasteiger partial charge in [0.2, 0.25) is 5.91 Å². The predicted molar refractivity (Wildman–Crippen MR) is 139 cm³/mol. The van der Waals surface area contributed by atoms with Crippen molar-refractivity contribution in [3.63, 3.8) is 0 Å². The number of rotatable bonds is 10. The third-order valence-corrected chi connectivity index (χ3v) is 6.25. The topological polar surface area (TPSA) is 67.4 Å². The van der Waals surface area contributed by atoms with Crippen molar-refractivity contribution in [3.8, 4) is 5.75 Å². The molecule has 0 saturated carbocycles. The molecule has 2 heterocycles. The molecule has 1 N–H and O–H groups in total. The Kier molecular flexibility index (Phi) is 8.88. The number of benzene rings is 1. The fraction of sp³-hybridized carbons (Fsp3) is 0.370. The highest BCUT2D eigenvalue weighted by molar-refractivity contribution is 6.31. The molecule has 34 heavy (non-hydrogen) atoms. The van der Waals surface area contributed by atoms with Gasteiger partial charge in [0, 0.05) is 54.2 Å². The lowest BCUT2D eigenvalue weighted by molar-refractivity contribution is -0.135. The number of allylic oxidation sites excluding steroid dienone is 1. The van der Waals surface area contributed by atoms with E-state index in [2.05, 4.69) is 10.3 Å². The molecule has 1 amide bonds. The number of hydrogen-bond acceptors (Lipinski definition) is 5. The molecule has 0 bridgehead atoms. The third-order valence-electron chi connectivity index (χ3n) is 5.92. The van der Waals surface area contributed by atoms with Crippen molar-refractivity contribution in [1.29, 1.82) is 0 Å². The summed E-state index contributed by atoms with van der Waals surface area (Å²) >= 11 is 6.52. The zero-order chi connectivity index (χ0) is 24.7. The van der Waals surface area contributed by atoms with Crippen LogP contribution in [-0.2, 0) is 17.9 Å². The summed E-state index contributed by atoms with van der Waals surface area (Å²) in [6, 6.07) is 7.89. The van der Waals surface area contributed by atoms with Crippen molar-refractivity contribution < 1.29 is 9.53 Å². The largest absolute Gasteiger partial charge is 0.487 e. The van der Waals surface area contributed by atoms with Crippen molar-refractivity contribution in [2.24, 2.45) is 5.92 Å². The normalized spacial score (nSPS) is 11.4. The molecule has 1 aromatic carbocycles. The Bertz CT molecular complexity index is 1170. The molecule has 0 aliphatic carbocycles. The highest BCUT2D eigenvalue weighted by Crippen LogP contribution is 2.31. The van der Waals surface area contributed by atoms with E-state index in [4.69, 9.17) is 21.3 Å². The molecular weight excluding hydrogens is 448 g/mol. The Morgan fingerprint density at radius 2 is 2.03 bits per heavy atom. The Morgan fingerprint density at radius 1 is 1.26 bits per heavy atom. The van der Waals surface area contributed by atoms with Crippen LogP contribution < -0.4 is 10.1 Å². The monoisotopic (exact) mass is 480 g/mol. The average molecular weight is 481 g/mol.